The lowest BCUT2D eigenvalue weighted by molar-refractivity contribution is 0.0463. The van der Waals surface area contributed by atoms with Gasteiger partial charge in [-0.05, 0) is 37.0 Å². The van der Waals surface area contributed by atoms with Gasteiger partial charge in [0.05, 0.1) is 17.1 Å². The van der Waals surface area contributed by atoms with E-state index in [1.807, 2.05) is 0 Å². The Hall–Kier alpha value is -0.920. The van der Waals surface area contributed by atoms with Crippen molar-refractivity contribution in [2.45, 2.75) is 37.5 Å². The number of carbonyl (C=O) groups is 1. The number of ether oxygens (including phenoxy) is 1. The third-order valence-electron chi connectivity index (χ3n) is 3.85. The fourth-order valence-electron chi connectivity index (χ4n) is 2.21. The third kappa shape index (κ3) is 4.05. The van der Waals surface area contributed by atoms with Crippen LogP contribution in [0.25, 0.3) is 0 Å². The number of hydrogen-bond acceptors (Lipinski definition) is 4. The lowest BCUT2D eigenvalue weighted by Crippen LogP contribution is -2.17. The van der Waals surface area contributed by atoms with Crippen molar-refractivity contribution < 1.29 is 17.9 Å². The molecular weight excluding hydrogens is 358 g/mol. The van der Waals surface area contributed by atoms with E-state index in [0.717, 1.165) is 6.42 Å². The topological polar surface area (TPSA) is 86.5 Å². The molecule has 0 spiro atoms. The van der Waals surface area contributed by atoms with Gasteiger partial charge in [0.2, 0.25) is 10.0 Å². The number of rotatable bonds is 5. The SMILES string of the molecule is Cc1c(Br)cc(S(N)(=O)=O)cc1C(=O)OCCC1CCC1. The van der Waals surface area contributed by atoms with Gasteiger partial charge in [0.15, 0.2) is 0 Å². The van der Waals surface area contributed by atoms with Crippen LogP contribution in [0.3, 0.4) is 0 Å². The van der Waals surface area contributed by atoms with Crippen molar-refractivity contribution in [1.29, 1.82) is 0 Å². The summed E-state index contributed by atoms with van der Waals surface area (Å²) in [6.07, 6.45) is 4.51. The maximum absolute atomic E-state index is 12.1. The predicted octanol–water partition coefficient (Wildman–Crippen LogP) is 2.75. The molecule has 0 saturated heterocycles. The largest absolute Gasteiger partial charge is 0.462 e. The Balaban J connectivity index is 2.13. The number of halogens is 1. The number of benzene rings is 1. The highest BCUT2D eigenvalue weighted by Crippen LogP contribution is 2.29. The standard InChI is InChI=1S/C14H18BrNO4S/c1-9-12(7-11(8-13(9)15)21(16,18)19)14(17)20-6-5-10-3-2-4-10/h7-8,10H,2-6H2,1H3,(H2,16,18,19). The summed E-state index contributed by atoms with van der Waals surface area (Å²) in [6.45, 7) is 2.08. The average Bonchev–Trinajstić information content (AvgIpc) is 2.33. The molecule has 0 bridgehead atoms. The summed E-state index contributed by atoms with van der Waals surface area (Å²) in [6, 6.07) is 2.65. The van der Waals surface area contributed by atoms with Crippen LogP contribution in [-0.2, 0) is 14.8 Å². The second-order valence-corrected chi connectivity index (χ2v) is 7.76. The summed E-state index contributed by atoms with van der Waals surface area (Å²) in [7, 11) is -3.86. The molecule has 1 fully saturated rings. The Kier molecular flexibility index (Phi) is 5.06. The highest BCUT2D eigenvalue weighted by Gasteiger charge is 2.20. The second kappa shape index (κ2) is 6.46. The van der Waals surface area contributed by atoms with E-state index in [9.17, 15) is 13.2 Å². The van der Waals surface area contributed by atoms with E-state index in [0.29, 0.717) is 22.6 Å². The number of primary sulfonamides is 1. The molecule has 1 saturated carbocycles. The van der Waals surface area contributed by atoms with E-state index in [-0.39, 0.29) is 10.5 Å². The maximum Gasteiger partial charge on any atom is 0.338 e. The van der Waals surface area contributed by atoms with Crippen molar-refractivity contribution in [2.24, 2.45) is 11.1 Å². The summed E-state index contributed by atoms with van der Waals surface area (Å²) in [5.41, 5.74) is 0.859. The molecule has 7 heteroatoms. The molecule has 1 aliphatic carbocycles. The zero-order valence-electron chi connectivity index (χ0n) is 11.8. The van der Waals surface area contributed by atoms with Crippen LogP contribution in [0, 0.1) is 12.8 Å². The Morgan fingerprint density at radius 1 is 1.43 bits per heavy atom. The zero-order chi connectivity index (χ0) is 15.6. The number of sulfonamides is 1. The summed E-state index contributed by atoms with van der Waals surface area (Å²) in [5.74, 6) is 0.138. The average molecular weight is 376 g/mol. The molecule has 116 valence electrons. The Labute approximate surface area is 133 Å². The normalized spacial score (nSPS) is 15.6. The first-order chi connectivity index (χ1) is 9.79. The molecule has 1 aliphatic rings. The van der Waals surface area contributed by atoms with E-state index in [4.69, 9.17) is 9.88 Å². The number of esters is 1. The summed E-state index contributed by atoms with van der Waals surface area (Å²) in [5, 5.41) is 5.11. The van der Waals surface area contributed by atoms with Crippen molar-refractivity contribution >= 4 is 31.9 Å². The van der Waals surface area contributed by atoms with Crippen LogP contribution in [0.1, 0.15) is 41.6 Å². The van der Waals surface area contributed by atoms with Crippen LogP contribution in [0.2, 0.25) is 0 Å². The fourth-order valence-corrected chi connectivity index (χ4v) is 3.38. The van der Waals surface area contributed by atoms with Gasteiger partial charge in [0, 0.05) is 4.47 Å². The van der Waals surface area contributed by atoms with Crippen molar-refractivity contribution in [3.8, 4) is 0 Å². The lowest BCUT2D eigenvalue weighted by atomic mass is 9.83. The molecule has 21 heavy (non-hydrogen) atoms. The van der Waals surface area contributed by atoms with Gasteiger partial charge in [-0.25, -0.2) is 18.4 Å². The maximum atomic E-state index is 12.1. The second-order valence-electron chi connectivity index (χ2n) is 5.34. The Bertz CT molecular complexity index is 653. The van der Waals surface area contributed by atoms with E-state index in [1.165, 1.54) is 31.4 Å². The Morgan fingerprint density at radius 2 is 2.10 bits per heavy atom. The highest BCUT2D eigenvalue weighted by molar-refractivity contribution is 9.10. The minimum Gasteiger partial charge on any atom is -0.462 e. The lowest BCUT2D eigenvalue weighted by Gasteiger charge is -2.24. The first-order valence-corrected chi connectivity index (χ1v) is 9.13. The number of nitrogens with two attached hydrogens (primary N) is 1. The van der Waals surface area contributed by atoms with Gasteiger partial charge in [-0.2, -0.15) is 0 Å². The van der Waals surface area contributed by atoms with E-state index >= 15 is 0 Å². The van der Waals surface area contributed by atoms with Crippen LogP contribution >= 0.6 is 15.9 Å². The molecule has 2 N–H and O–H groups in total. The van der Waals surface area contributed by atoms with Gasteiger partial charge >= 0.3 is 5.97 Å². The molecule has 0 radical (unpaired) electrons. The molecule has 0 heterocycles. The molecule has 5 nitrogen and oxygen atoms in total. The van der Waals surface area contributed by atoms with Gasteiger partial charge in [-0.3, -0.25) is 0 Å². The van der Waals surface area contributed by atoms with E-state index in [2.05, 4.69) is 15.9 Å². The van der Waals surface area contributed by atoms with Crippen LogP contribution < -0.4 is 5.14 Å². The molecular formula is C14H18BrNO4S. The van der Waals surface area contributed by atoms with E-state index < -0.39 is 16.0 Å². The van der Waals surface area contributed by atoms with Gasteiger partial charge in [-0.15, -0.1) is 0 Å². The predicted molar refractivity (Wildman–Crippen MR) is 82.5 cm³/mol. The van der Waals surface area contributed by atoms with Crippen LogP contribution in [0.4, 0.5) is 0 Å². The quantitative estimate of drug-likeness (QED) is 0.801. The fraction of sp³-hybridized carbons (Fsp3) is 0.500. The molecule has 1 aromatic rings. The number of hydrogen-bond donors (Lipinski definition) is 1. The molecule has 2 rings (SSSR count). The minimum absolute atomic E-state index is 0.106. The third-order valence-corrected chi connectivity index (χ3v) is 5.57. The Morgan fingerprint density at radius 3 is 2.62 bits per heavy atom. The molecule has 0 aromatic heterocycles. The van der Waals surface area contributed by atoms with Crippen molar-refractivity contribution in [2.75, 3.05) is 6.61 Å². The molecule has 0 atom stereocenters. The molecule has 0 amide bonds. The van der Waals surface area contributed by atoms with Gasteiger partial charge in [0.1, 0.15) is 0 Å². The van der Waals surface area contributed by atoms with Crippen LogP contribution in [0.15, 0.2) is 21.5 Å². The van der Waals surface area contributed by atoms with Gasteiger partial charge in [0.25, 0.3) is 0 Å². The first-order valence-electron chi connectivity index (χ1n) is 6.79. The van der Waals surface area contributed by atoms with Crippen LogP contribution in [0.5, 0.6) is 0 Å². The van der Waals surface area contributed by atoms with Gasteiger partial charge in [-0.1, -0.05) is 35.2 Å². The van der Waals surface area contributed by atoms with Crippen molar-refractivity contribution in [3.63, 3.8) is 0 Å². The summed E-state index contributed by atoms with van der Waals surface area (Å²) >= 11 is 3.24. The summed E-state index contributed by atoms with van der Waals surface area (Å²) < 4.78 is 28.6. The minimum atomic E-state index is -3.86. The molecule has 0 unspecified atom stereocenters. The van der Waals surface area contributed by atoms with Gasteiger partial charge < -0.3 is 4.74 Å². The highest BCUT2D eigenvalue weighted by atomic mass is 79.9. The smallest absolute Gasteiger partial charge is 0.338 e. The molecule has 0 aliphatic heterocycles. The molecule has 1 aromatic carbocycles. The van der Waals surface area contributed by atoms with E-state index in [1.54, 1.807) is 6.92 Å². The summed E-state index contributed by atoms with van der Waals surface area (Å²) in [4.78, 5) is 12.0. The first kappa shape index (κ1) is 16.5. The zero-order valence-corrected chi connectivity index (χ0v) is 14.2. The van der Waals surface area contributed by atoms with Crippen molar-refractivity contribution in [3.05, 3.63) is 27.7 Å². The van der Waals surface area contributed by atoms with Crippen LogP contribution in [-0.4, -0.2) is 21.0 Å². The monoisotopic (exact) mass is 375 g/mol. The number of carbonyl (C=O) groups excluding carboxylic acids is 1. The van der Waals surface area contributed by atoms with Crippen molar-refractivity contribution in [1.82, 2.24) is 0 Å².